The Morgan fingerprint density at radius 1 is 0.958 bits per heavy atom. The Balaban J connectivity index is 2.42. The van der Waals surface area contributed by atoms with Gasteiger partial charge >= 0.3 is 11.9 Å². The monoisotopic (exact) mass is 334 g/mol. The third kappa shape index (κ3) is 7.16. The molecule has 0 aliphatic heterocycles. The zero-order chi connectivity index (χ0) is 17.8. The van der Waals surface area contributed by atoms with Crippen molar-refractivity contribution in [2.24, 2.45) is 0 Å². The fourth-order valence-corrected chi connectivity index (χ4v) is 2.74. The molecule has 1 rings (SSSR count). The van der Waals surface area contributed by atoms with Crippen LogP contribution in [0.3, 0.4) is 0 Å². The van der Waals surface area contributed by atoms with Gasteiger partial charge in [0.1, 0.15) is 6.10 Å². The van der Waals surface area contributed by atoms with Crippen LogP contribution in [-0.2, 0) is 4.74 Å². The van der Waals surface area contributed by atoms with Crippen molar-refractivity contribution in [1.29, 1.82) is 0 Å². The molecule has 0 saturated heterocycles. The highest BCUT2D eigenvalue weighted by Gasteiger charge is 2.20. The molecule has 0 aliphatic rings. The van der Waals surface area contributed by atoms with Crippen LogP contribution in [0.25, 0.3) is 0 Å². The van der Waals surface area contributed by atoms with Gasteiger partial charge in [0.05, 0.1) is 11.1 Å². The second kappa shape index (κ2) is 11.7. The fourth-order valence-electron chi connectivity index (χ4n) is 2.74. The Morgan fingerprint density at radius 2 is 1.54 bits per heavy atom. The summed E-state index contributed by atoms with van der Waals surface area (Å²) in [5.74, 6) is -1.65. The van der Waals surface area contributed by atoms with E-state index in [4.69, 9.17) is 9.84 Å². The number of aromatic carboxylic acids is 1. The minimum Gasteiger partial charge on any atom is -0.478 e. The Hall–Kier alpha value is -1.84. The van der Waals surface area contributed by atoms with Crippen molar-refractivity contribution in [2.45, 2.75) is 77.7 Å². The van der Waals surface area contributed by atoms with Gasteiger partial charge in [0.15, 0.2) is 0 Å². The first kappa shape index (κ1) is 20.2. The quantitative estimate of drug-likeness (QED) is 0.407. The molecular weight excluding hydrogens is 304 g/mol. The number of carbonyl (C=O) groups is 2. The van der Waals surface area contributed by atoms with Gasteiger partial charge in [-0.1, -0.05) is 64.5 Å². The van der Waals surface area contributed by atoms with Crippen LogP contribution in [0.15, 0.2) is 24.3 Å². The molecule has 1 aromatic carbocycles. The van der Waals surface area contributed by atoms with Gasteiger partial charge in [-0.2, -0.15) is 0 Å². The van der Waals surface area contributed by atoms with Crippen molar-refractivity contribution < 1.29 is 19.4 Å². The highest BCUT2D eigenvalue weighted by atomic mass is 16.5. The number of benzene rings is 1. The molecule has 0 bridgehead atoms. The number of ether oxygens (including phenoxy) is 1. The minimum absolute atomic E-state index is 0.00622. The number of rotatable bonds is 12. The highest BCUT2D eigenvalue weighted by Crippen LogP contribution is 2.17. The fraction of sp³-hybridized carbons (Fsp3) is 0.600. The Bertz CT molecular complexity index is 510. The van der Waals surface area contributed by atoms with Crippen molar-refractivity contribution in [3.63, 3.8) is 0 Å². The number of carbonyl (C=O) groups excluding carboxylic acids is 1. The van der Waals surface area contributed by atoms with Crippen LogP contribution < -0.4 is 0 Å². The second-order valence-corrected chi connectivity index (χ2v) is 6.20. The molecule has 0 spiro atoms. The van der Waals surface area contributed by atoms with Crippen LogP contribution >= 0.6 is 0 Å². The maximum atomic E-state index is 12.3. The largest absolute Gasteiger partial charge is 0.478 e. The first-order valence-corrected chi connectivity index (χ1v) is 9.13. The minimum atomic E-state index is -1.11. The molecule has 4 nitrogen and oxygen atoms in total. The summed E-state index contributed by atoms with van der Waals surface area (Å²) in [5, 5.41) is 9.16. The van der Waals surface area contributed by atoms with E-state index in [-0.39, 0.29) is 17.2 Å². The molecular formula is C20H30O4. The molecule has 0 aliphatic carbocycles. The summed E-state index contributed by atoms with van der Waals surface area (Å²) in [6.45, 7) is 4.20. The molecule has 134 valence electrons. The van der Waals surface area contributed by atoms with Gasteiger partial charge in [-0.15, -0.1) is 0 Å². The lowest BCUT2D eigenvalue weighted by Crippen LogP contribution is -2.19. The molecule has 1 unspecified atom stereocenters. The van der Waals surface area contributed by atoms with Crippen LogP contribution in [0.5, 0.6) is 0 Å². The molecule has 0 fully saturated rings. The topological polar surface area (TPSA) is 63.6 Å². The first-order valence-electron chi connectivity index (χ1n) is 9.13. The number of hydrogen-bond donors (Lipinski definition) is 1. The van der Waals surface area contributed by atoms with E-state index in [1.807, 2.05) is 6.92 Å². The maximum Gasteiger partial charge on any atom is 0.339 e. The molecule has 4 heteroatoms. The molecule has 0 aromatic heterocycles. The molecule has 1 aromatic rings. The summed E-state index contributed by atoms with van der Waals surface area (Å²) in [6, 6.07) is 6.19. The Kier molecular flexibility index (Phi) is 9.81. The first-order chi connectivity index (χ1) is 11.6. The van der Waals surface area contributed by atoms with E-state index in [2.05, 4.69) is 6.92 Å². The van der Waals surface area contributed by atoms with E-state index in [0.29, 0.717) is 0 Å². The number of unbranched alkanes of at least 4 members (excludes halogenated alkanes) is 6. The smallest absolute Gasteiger partial charge is 0.339 e. The lowest BCUT2D eigenvalue weighted by Gasteiger charge is -2.17. The summed E-state index contributed by atoms with van der Waals surface area (Å²) in [4.78, 5) is 23.5. The molecule has 1 atom stereocenters. The number of carboxylic acids is 1. The molecule has 0 saturated carbocycles. The molecule has 0 heterocycles. The summed E-state index contributed by atoms with van der Waals surface area (Å²) >= 11 is 0. The normalized spacial score (nSPS) is 11.9. The van der Waals surface area contributed by atoms with Crippen molar-refractivity contribution in [2.75, 3.05) is 0 Å². The predicted octanol–water partition coefficient (Wildman–Crippen LogP) is 5.46. The van der Waals surface area contributed by atoms with E-state index in [1.165, 1.54) is 44.2 Å². The zero-order valence-electron chi connectivity index (χ0n) is 14.9. The van der Waals surface area contributed by atoms with Crippen molar-refractivity contribution in [1.82, 2.24) is 0 Å². The Labute approximate surface area is 145 Å². The lowest BCUT2D eigenvalue weighted by molar-refractivity contribution is 0.0262. The predicted molar refractivity (Wildman–Crippen MR) is 95.5 cm³/mol. The van der Waals surface area contributed by atoms with E-state index in [9.17, 15) is 9.59 Å². The van der Waals surface area contributed by atoms with Gasteiger partial charge in [0.25, 0.3) is 0 Å². The second-order valence-electron chi connectivity index (χ2n) is 6.20. The Morgan fingerprint density at radius 3 is 2.12 bits per heavy atom. The van der Waals surface area contributed by atoms with Gasteiger partial charge in [0, 0.05) is 0 Å². The zero-order valence-corrected chi connectivity index (χ0v) is 14.9. The van der Waals surface area contributed by atoms with Gasteiger partial charge in [-0.25, -0.2) is 9.59 Å². The van der Waals surface area contributed by atoms with Gasteiger partial charge < -0.3 is 9.84 Å². The van der Waals surface area contributed by atoms with Crippen molar-refractivity contribution >= 4 is 11.9 Å². The van der Waals surface area contributed by atoms with Crippen LogP contribution in [0.1, 0.15) is 92.4 Å². The summed E-state index contributed by atoms with van der Waals surface area (Å²) in [6.07, 6.45) is 10.0. The van der Waals surface area contributed by atoms with Crippen LogP contribution in [-0.4, -0.2) is 23.1 Å². The highest BCUT2D eigenvalue weighted by molar-refractivity contribution is 6.02. The van der Waals surface area contributed by atoms with Gasteiger partial charge in [0.2, 0.25) is 0 Å². The average molecular weight is 334 g/mol. The van der Waals surface area contributed by atoms with E-state index >= 15 is 0 Å². The third-order valence-corrected chi connectivity index (χ3v) is 4.24. The van der Waals surface area contributed by atoms with Gasteiger partial charge in [-0.3, -0.25) is 0 Å². The standard InChI is InChI=1S/C20H30O4/c1-3-5-6-7-8-9-10-13-16(4-2)24-20(23)18-15-12-11-14-17(18)19(21)22/h11-12,14-16H,3-10,13H2,1-2H3,(H,21,22). The van der Waals surface area contributed by atoms with E-state index in [1.54, 1.807) is 12.1 Å². The lowest BCUT2D eigenvalue weighted by atomic mass is 10.0. The third-order valence-electron chi connectivity index (χ3n) is 4.24. The van der Waals surface area contributed by atoms with Crippen molar-refractivity contribution in [3.8, 4) is 0 Å². The maximum absolute atomic E-state index is 12.3. The van der Waals surface area contributed by atoms with E-state index < -0.39 is 11.9 Å². The summed E-state index contributed by atoms with van der Waals surface area (Å²) in [7, 11) is 0. The molecule has 0 amide bonds. The molecule has 24 heavy (non-hydrogen) atoms. The molecule has 0 radical (unpaired) electrons. The van der Waals surface area contributed by atoms with Crippen molar-refractivity contribution in [3.05, 3.63) is 35.4 Å². The SMILES string of the molecule is CCCCCCCCCC(CC)OC(=O)c1ccccc1C(=O)O. The molecule has 1 N–H and O–H groups in total. The summed E-state index contributed by atoms with van der Waals surface area (Å²) in [5.41, 5.74) is 0.122. The van der Waals surface area contributed by atoms with Crippen LogP contribution in [0, 0.1) is 0 Å². The number of esters is 1. The van der Waals surface area contributed by atoms with E-state index in [0.717, 1.165) is 25.7 Å². The van der Waals surface area contributed by atoms with Gasteiger partial charge in [-0.05, 0) is 31.4 Å². The van der Waals surface area contributed by atoms with Crippen LogP contribution in [0.2, 0.25) is 0 Å². The number of carboxylic acid groups (broad SMARTS) is 1. The number of hydrogen-bond acceptors (Lipinski definition) is 3. The summed E-state index contributed by atoms with van der Waals surface area (Å²) < 4.78 is 5.52. The average Bonchev–Trinajstić information content (AvgIpc) is 2.59. The van der Waals surface area contributed by atoms with Crippen LogP contribution in [0.4, 0.5) is 0 Å².